The number of ether oxygens (including phenoxy) is 1. The molecule has 2 aromatic carbocycles. The molecule has 6 rings (SSSR count). The molecule has 1 atom stereocenters. The Labute approximate surface area is 196 Å². The maximum atomic E-state index is 13.5. The molecule has 3 aromatic rings. The Kier molecular flexibility index (Phi) is 5.22. The van der Waals surface area contributed by atoms with Crippen LogP contribution in [0.15, 0.2) is 60.8 Å². The minimum Gasteiger partial charge on any atom is -0.450 e. The highest BCUT2D eigenvalue weighted by Gasteiger charge is 2.51. The highest BCUT2D eigenvalue weighted by molar-refractivity contribution is 7.54. The molecular weight excluding hydrogens is 455 g/mol. The summed E-state index contributed by atoms with van der Waals surface area (Å²) in [6, 6.07) is 16.2. The molecule has 10 heteroatoms. The molecule has 3 aliphatic rings. The van der Waals surface area contributed by atoms with Crippen LogP contribution in [0.2, 0.25) is 0 Å². The van der Waals surface area contributed by atoms with Crippen molar-refractivity contribution in [2.45, 2.75) is 18.9 Å². The zero-order valence-electron chi connectivity index (χ0n) is 18.4. The van der Waals surface area contributed by atoms with Crippen molar-refractivity contribution >= 4 is 13.4 Å². The smallest absolute Gasteiger partial charge is 0.346 e. The standard InChI is InChI=1S/C24H23N4O5P/c29-28(30)22-15-18-6-9-23(33-34(31,26-11-12-26)27-13-14-27)20(18)16-24(22)32-19-7-4-17(5-8-19)21-3-1-2-10-25-21/h1-5,7-8,10,15-16,23H,6,9,11-14H2/t23-/m0/s1. The molecule has 3 heterocycles. The van der Waals surface area contributed by atoms with Gasteiger partial charge < -0.3 is 4.74 Å². The van der Waals surface area contributed by atoms with E-state index >= 15 is 0 Å². The van der Waals surface area contributed by atoms with Crippen molar-refractivity contribution in [3.05, 3.63) is 82.0 Å². The fraction of sp³-hybridized carbons (Fsp3) is 0.292. The lowest BCUT2D eigenvalue weighted by atomic mass is 10.1. The average molecular weight is 478 g/mol. The molecule has 0 spiro atoms. The van der Waals surface area contributed by atoms with Crippen LogP contribution in [0.4, 0.5) is 5.69 Å². The van der Waals surface area contributed by atoms with Crippen LogP contribution in [0, 0.1) is 10.1 Å². The Balaban J connectivity index is 1.28. The number of aryl methyl sites for hydroxylation is 1. The lowest BCUT2D eigenvalue weighted by Crippen LogP contribution is -2.11. The number of hydrogen-bond acceptors (Lipinski definition) is 6. The van der Waals surface area contributed by atoms with E-state index in [1.807, 2.05) is 39.7 Å². The largest absolute Gasteiger partial charge is 0.450 e. The fourth-order valence-electron chi connectivity index (χ4n) is 4.35. The molecule has 2 saturated heterocycles. The molecule has 1 aromatic heterocycles. The number of nitrogens with zero attached hydrogens (tertiary/aromatic N) is 4. The first-order valence-electron chi connectivity index (χ1n) is 11.3. The van der Waals surface area contributed by atoms with Crippen LogP contribution >= 0.6 is 7.67 Å². The third kappa shape index (κ3) is 4.01. The van der Waals surface area contributed by atoms with E-state index in [0.29, 0.717) is 18.6 Å². The number of nitro groups is 1. The van der Waals surface area contributed by atoms with Crippen molar-refractivity contribution in [2.24, 2.45) is 0 Å². The number of rotatable bonds is 8. The van der Waals surface area contributed by atoms with Gasteiger partial charge in [-0.1, -0.05) is 6.07 Å². The van der Waals surface area contributed by atoms with Gasteiger partial charge in [0.25, 0.3) is 0 Å². The fourth-order valence-corrected chi connectivity index (χ4v) is 6.71. The summed E-state index contributed by atoms with van der Waals surface area (Å²) in [7, 11) is -3.01. The Morgan fingerprint density at radius 3 is 2.38 bits per heavy atom. The summed E-state index contributed by atoms with van der Waals surface area (Å²) in [5.74, 6) is 0.634. The Hall–Kier alpha value is -3.10. The third-order valence-electron chi connectivity index (χ3n) is 6.31. The van der Waals surface area contributed by atoms with Gasteiger partial charge in [-0.3, -0.25) is 24.2 Å². The van der Waals surface area contributed by atoms with E-state index in [2.05, 4.69) is 4.98 Å². The number of nitro benzene ring substituents is 1. The highest BCUT2D eigenvalue weighted by atomic mass is 31.2. The first-order valence-corrected chi connectivity index (χ1v) is 12.8. The minimum atomic E-state index is -3.01. The topological polar surface area (TPSA) is 97.6 Å². The number of fused-ring (bicyclic) bond motifs is 1. The predicted octanol–water partition coefficient (Wildman–Crippen LogP) is 5.19. The summed E-state index contributed by atoms with van der Waals surface area (Å²) < 4.78 is 29.4. The van der Waals surface area contributed by atoms with E-state index in [1.54, 1.807) is 30.5 Å². The van der Waals surface area contributed by atoms with Gasteiger partial charge in [0.1, 0.15) is 5.75 Å². The van der Waals surface area contributed by atoms with E-state index in [-0.39, 0.29) is 17.5 Å². The molecule has 0 saturated carbocycles. The van der Waals surface area contributed by atoms with Gasteiger partial charge in [-0.2, -0.15) is 0 Å². The Morgan fingerprint density at radius 1 is 1.03 bits per heavy atom. The van der Waals surface area contributed by atoms with Gasteiger partial charge in [-0.15, -0.1) is 0 Å². The second-order valence-electron chi connectivity index (χ2n) is 8.65. The van der Waals surface area contributed by atoms with Crippen molar-refractivity contribution in [1.82, 2.24) is 14.3 Å². The van der Waals surface area contributed by atoms with Crippen LogP contribution in [0.3, 0.4) is 0 Å². The first-order chi connectivity index (χ1) is 16.5. The molecule has 174 valence electrons. The van der Waals surface area contributed by atoms with E-state index in [9.17, 15) is 14.7 Å². The molecule has 2 aliphatic heterocycles. The lowest BCUT2D eigenvalue weighted by Gasteiger charge is -2.24. The summed E-state index contributed by atoms with van der Waals surface area (Å²) in [6.07, 6.45) is 2.63. The van der Waals surface area contributed by atoms with Crippen molar-refractivity contribution in [3.8, 4) is 22.8 Å². The molecular formula is C24H23N4O5P. The molecule has 0 bridgehead atoms. The number of aromatic nitrogens is 1. The molecule has 0 amide bonds. The third-order valence-corrected chi connectivity index (χ3v) is 9.07. The van der Waals surface area contributed by atoms with Crippen LogP contribution in [0.1, 0.15) is 23.7 Å². The maximum absolute atomic E-state index is 13.5. The second kappa shape index (κ2) is 8.29. The number of benzene rings is 2. The van der Waals surface area contributed by atoms with Gasteiger partial charge in [0, 0.05) is 44.0 Å². The van der Waals surface area contributed by atoms with Crippen LogP contribution in [-0.4, -0.2) is 45.4 Å². The number of pyridine rings is 1. The highest BCUT2D eigenvalue weighted by Crippen LogP contribution is 2.64. The van der Waals surface area contributed by atoms with Crippen molar-refractivity contribution in [1.29, 1.82) is 0 Å². The lowest BCUT2D eigenvalue weighted by molar-refractivity contribution is -0.385. The summed E-state index contributed by atoms with van der Waals surface area (Å²) in [6.45, 7) is 3.10. The quantitative estimate of drug-likeness (QED) is 0.189. The first kappa shape index (κ1) is 21.4. The van der Waals surface area contributed by atoms with Gasteiger partial charge in [0.15, 0.2) is 0 Å². The predicted molar refractivity (Wildman–Crippen MR) is 126 cm³/mol. The monoisotopic (exact) mass is 478 g/mol. The van der Waals surface area contributed by atoms with Gasteiger partial charge in [-0.25, -0.2) is 9.34 Å². The zero-order valence-corrected chi connectivity index (χ0v) is 19.3. The molecule has 9 nitrogen and oxygen atoms in total. The Morgan fingerprint density at radius 2 is 1.76 bits per heavy atom. The van der Waals surface area contributed by atoms with Crippen LogP contribution < -0.4 is 4.74 Å². The normalized spacial score (nSPS) is 19.6. The summed E-state index contributed by atoms with van der Waals surface area (Å²) in [5.41, 5.74) is 3.33. The SMILES string of the molecule is O=[N+]([O-])c1cc2c(cc1Oc1ccc(-c3ccccn3)cc1)[C@@H](OP(=O)(N1CC1)N1CC1)CC2. The van der Waals surface area contributed by atoms with Crippen molar-refractivity contribution in [3.63, 3.8) is 0 Å². The van der Waals surface area contributed by atoms with E-state index in [1.165, 1.54) is 0 Å². The van der Waals surface area contributed by atoms with Gasteiger partial charge in [-0.05, 0) is 66.4 Å². The zero-order chi connectivity index (χ0) is 23.3. The maximum Gasteiger partial charge on any atom is 0.346 e. The van der Waals surface area contributed by atoms with Crippen molar-refractivity contribution < 1.29 is 18.7 Å². The van der Waals surface area contributed by atoms with Gasteiger partial charge in [0.05, 0.1) is 16.7 Å². The summed E-state index contributed by atoms with van der Waals surface area (Å²) in [4.78, 5) is 15.7. The van der Waals surface area contributed by atoms with E-state index in [4.69, 9.17) is 9.26 Å². The summed E-state index contributed by atoms with van der Waals surface area (Å²) in [5, 5.41) is 11.8. The van der Waals surface area contributed by atoms with Gasteiger partial charge in [0.2, 0.25) is 5.75 Å². The van der Waals surface area contributed by atoms with E-state index in [0.717, 1.165) is 48.6 Å². The average Bonchev–Trinajstić information content (AvgIpc) is 3.77. The number of hydrogen-bond donors (Lipinski definition) is 0. The minimum absolute atomic E-state index is 0.0896. The van der Waals surface area contributed by atoms with Crippen LogP contribution in [0.25, 0.3) is 11.3 Å². The second-order valence-corrected chi connectivity index (χ2v) is 11.0. The summed E-state index contributed by atoms with van der Waals surface area (Å²) >= 11 is 0. The Bertz CT molecular complexity index is 1280. The molecule has 34 heavy (non-hydrogen) atoms. The molecule has 0 radical (unpaired) electrons. The molecule has 0 unspecified atom stereocenters. The molecule has 1 aliphatic carbocycles. The molecule has 2 fully saturated rings. The van der Waals surface area contributed by atoms with Crippen LogP contribution in [-0.2, 0) is 15.5 Å². The molecule has 0 N–H and O–H groups in total. The van der Waals surface area contributed by atoms with Crippen molar-refractivity contribution in [2.75, 3.05) is 26.2 Å². The van der Waals surface area contributed by atoms with Crippen LogP contribution in [0.5, 0.6) is 11.5 Å². The van der Waals surface area contributed by atoms with Gasteiger partial charge >= 0.3 is 13.4 Å². The van der Waals surface area contributed by atoms with E-state index < -0.39 is 12.6 Å².